The predicted molar refractivity (Wildman–Crippen MR) is 95.6 cm³/mol. The molecule has 0 spiro atoms. The molecule has 0 aliphatic carbocycles. The zero-order valence-electron chi connectivity index (χ0n) is 14.4. The molecule has 2 aromatic heterocycles. The number of hydrogen-bond acceptors (Lipinski definition) is 5. The molecule has 0 unspecified atom stereocenters. The zero-order valence-corrected chi connectivity index (χ0v) is 14.4. The Morgan fingerprint density at radius 2 is 2.20 bits per heavy atom. The van der Waals surface area contributed by atoms with E-state index in [2.05, 4.69) is 22.0 Å². The van der Waals surface area contributed by atoms with Gasteiger partial charge < -0.3 is 9.15 Å². The van der Waals surface area contributed by atoms with Crippen LogP contribution in [0.25, 0.3) is 11.0 Å². The third kappa shape index (κ3) is 2.91. The molecule has 0 saturated heterocycles. The Hall–Kier alpha value is -2.66. The Morgan fingerprint density at radius 1 is 1.32 bits per heavy atom. The molecule has 5 nitrogen and oxygen atoms in total. The van der Waals surface area contributed by atoms with Crippen molar-refractivity contribution in [1.82, 2.24) is 9.88 Å². The van der Waals surface area contributed by atoms with Crippen molar-refractivity contribution in [1.29, 1.82) is 0 Å². The lowest BCUT2D eigenvalue weighted by molar-refractivity contribution is 0.0880. The molecule has 0 N–H and O–H groups in total. The van der Waals surface area contributed by atoms with E-state index in [0.717, 1.165) is 52.9 Å². The fourth-order valence-corrected chi connectivity index (χ4v) is 3.48. The summed E-state index contributed by atoms with van der Waals surface area (Å²) in [6, 6.07) is 7.71. The number of fused-ring (bicyclic) bond motifs is 2. The van der Waals surface area contributed by atoms with E-state index in [0.29, 0.717) is 12.3 Å². The Balaban J connectivity index is 1.73. The Labute approximate surface area is 145 Å². The van der Waals surface area contributed by atoms with Gasteiger partial charge in [0, 0.05) is 48.1 Å². The van der Waals surface area contributed by atoms with E-state index in [-0.39, 0.29) is 5.63 Å². The summed E-state index contributed by atoms with van der Waals surface area (Å²) >= 11 is 0. The molecule has 4 rings (SSSR count). The van der Waals surface area contributed by atoms with Crippen LogP contribution >= 0.6 is 0 Å². The third-order valence-electron chi connectivity index (χ3n) is 4.67. The number of aromatic nitrogens is 1. The standard InChI is InChI=1S/C20H20N2O3/c1-3-15-8-18(23)25-20-13(2)19-16(7-17(15)20)11-22(12-24-19)10-14-5-4-6-21-9-14/h4-9H,3,10-12H2,1-2H3. The highest BCUT2D eigenvalue weighted by atomic mass is 16.5. The van der Waals surface area contributed by atoms with Crippen molar-refractivity contribution in [2.24, 2.45) is 0 Å². The maximum atomic E-state index is 11.8. The van der Waals surface area contributed by atoms with E-state index < -0.39 is 0 Å². The number of rotatable bonds is 3. The minimum Gasteiger partial charge on any atom is -0.477 e. The molecule has 128 valence electrons. The first-order chi connectivity index (χ1) is 12.2. The highest BCUT2D eigenvalue weighted by Gasteiger charge is 2.23. The second-order valence-corrected chi connectivity index (χ2v) is 6.43. The molecular formula is C20H20N2O3. The molecule has 1 aliphatic heterocycles. The van der Waals surface area contributed by atoms with Crippen molar-refractivity contribution in [2.75, 3.05) is 6.73 Å². The van der Waals surface area contributed by atoms with Gasteiger partial charge in [-0.3, -0.25) is 9.88 Å². The molecule has 5 heteroatoms. The lowest BCUT2D eigenvalue weighted by atomic mass is 9.99. The summed E-state index contributed by atoms with van der Waals surface area (Å²) in [7, 11) is 0. The van der Waals surface area contributed by atoms with Gasteiger partial charge in [-0.2, -0.15) is 0 Å². The number of benzene rings is 1. The normalized spacial score (nSPS) is 14.3. The monoisotopic (exact) mass is 336 g/mol. The number of hydrogen-bond donors (Lipinski definition) is 0. The average molecular weight is 336 g/mol. The smallest absolute Gasteiger partial charge is 0.336 e. The van der Waals surface area contributed by atoms with Gasteiger partial charge in [-0.1, -0.05) is 13.0 Å². The number of aryl methyl sites for hydroxylation is 2. The second kappa shape index (κ2) is 6.33. The van der Waals surface area contributed by atoms with Crippen LogP contribution in [0.4, 0.5) is 0 Å². The highest BCUT2D eigenvalue weighted by Crippen LogP contribution is 2.36. The molecule has 25 heavy (non-hydrogen) atoms. The quantitative estimate of drug-likeness (QED) is 0.686. The Kier molecular flexibility index (Phi) is 4.01. The second-order valence-electron chi connectivity index (χ2n) is 6.43. The number of ether oxygens (including phenoxy) is 1. The lowest BCUT2D eigenvalue weighted by Gasteiger charge is -2.30. The van der Waals surface area contributed by atoms with E-state index in [1.807, 2.05) is 26.1 Å². The minimum atomic E-state index is -0.304. The average Bonchev–Trinajstić information content (AvgIpc) is 2.63. The largest absolute Gasteiger partial charge is 0.477 e. The summed E-state index contributed by atoms with van der Waals surface area (Å²) in [5.74, 6) is 0.839. The van der Waals surface area contributed by atoms with Gasteiger partial charge in [0.15, 0.2) is 0 Å². The summed E-state index contributed by atoms with van der Waals surface area (Å²) in [6.45, 7) is 6.10. The SMILES string of the molecule is CCc1cc(=O)oc2c(C)c3c(cc12)CN(Cc1cccnc1)CO3. The van der Waals surface area contributed by atoms with Crippen LogP contribution in [-0.2, 0) is 19.5 Å². The van der Waals surface area contributed by atoms with E-state index in [1.54, 1.807) is 12.3 Å². The maximum absolute atomic E-state index is 11.8. The van der Waals surface area contributed by atoms with Gasteiger partial charge in [0.1, 0.15) is 18.1 Å². The molecular weight excluding hydrogens is 316 g/mol. The fourth-order valence-electron chi connectivity index (χ4n) is 3.48. The van der Waals surface area contributed by atoms with Gasteiger partial charge in [0.25, 0.3) is 0 Å². The summed E-state index contributed by atoms with van der Waals surface area (Å²) in [5, 5.41) is 1.00. The summed E-state index contributed by atoms with van der Waals surface area (Å²) < 4.78 is 11.5. The molecule has 0 atom stereocenters. The fraction of sp³-hybridized carbons (Fsp3) is 0.300. The van der Waals surface area contributed by atoms with E-state index in [1.165, 1.54) is 0 Å². The van der Waals surface area contributed by atoms with Crippen LogP contribution in [0.2, 0.25) is 0 Å². The molecule has 0 saturated carbocycles. The molecule has 0 fully saturated rings. The zero-order chi connectivity index (χ0) is 17.4. The van der Waals surface area contributed by atoms with Crippen molar-refractivity contribution < 1.29 is 9.15 Å². The van der Waals surface area contributed by atoms with E-state index in [4.69, 9.17) is 9.15 Å². The minimum absolute atomic E-state index is 0.304. The van der Waals surface area contributed by atoms with Gasteiger partial charge in [-0.05, 0) is 36.6 Å². The number of nitrogens with zero attached hydrogens (tertiary/aromatic N) is 2. The van der Waals surface area contributed by atoms with Crippen molar-refractivity contribution >= 4 is 11.0 Å². The van der Waals surface area contributed by atoms with Crippen LogP contribution in [0.1, 0.15) is 29.2 Å². The van der Waals surface area contributed by atoms with Gasteiger partial charge in [-0.25, -0.2) is 4.79 Å². The molecule has 0 amide bonds. The van der Waals surface area contributed by atoms with E-state index in [9.17, 15) is 4.79 Å². The van der Waals surface area contributed by atoms with Crippen molar-refractivity contribution in [3.8, 4) is 5.75 Å². The molecule has 0 bridgehead atoms. The van der Waals surface area contributed by atoms with Crippen molar-refractivity contribution in [3.05, 3.63) is 69.3 Å². The Morgan fingerprint density at radius 3 is 2.96 bits per heavy atom. The van der Waals surface area contributed by atoms with Crippen LogP contribution < -0.4 is 10.4 Å². The van der Waals surface area contributed by atoms with Gasteiger partial charge >= 0.3 is 5.63 Å². The predicted octanol–water partition coefficient (Wildman–Crippen LogP) is 3.41. The highest BCUT2D eigenvalue weighted by molar-refractivity contribution is 5.86. The first-order valence-corrected chi connectivity index (χ1v) is 8.49. The molecule has 1 aliphatic rings. The van der Waals surface area contributed by atoms with Crippen molar-refractivity contribution in [2.45, 2.75) is 33.4 Å². The van der Waals surface area contributed by atoms with E-state index >= 15 is 0 Å². The van der Waals surface area contributed by atoms with Crippen LogP contribution in [0.5, 0.6) is 5.75 Å². The summed E-state index contributed by atoms with van der Waals surface area (Å²) in [5.41, 5.74) is 4.55. The van der Waals surface area contributed by atoms with Gasteiger partial charge in [-0.15, -0.1) is 0 Å². The molecule has 3 heterocycles. The first kappa shape index (κ1) is 15.8. The van der Waals surface area contributed by atoms with Crippen LogP contribution in [-0.4, -0.2) is 16.6 Å². The van der Waals surface area contributed by atoms with Crippen LogP contribution in [0.3, 0.4) is 0 Å². The summed E-state index contributed by atoms with van der Waals surface area (Å²) in [6.07, 6.45) is 4.45. The third-order valence-corrected chi connectivity index (χ3v) is 4.67. The van der Waals surface area contributed by atoms with Crippen LogP contribution in [0.15, 0.2) is 45.9 Å². The number of pyridine rings is 1. The molecule has 0 radical (unpaired) electrons. The van der Waals surface area contributed by atoms with Gasteiger partial charge in [0.05, 0.1) is 0 Å². The summed E-state index contributed by atoms with van der Waals surface area (Å²) in [4.78, 5) is 18.2. The Bertz CT molecular complexity index is 980. The van der Waals surface area contributed by atoms with Crippen molar-refractivity contribution in [3.63, 3.8) is 0 Å². The molecule has 1 aromatic carbocycles. The topological polar surface area (TPSA) is 55.6 Å². The first-order valence-electron chi connectivity index (χ1n) is 8.49. The lowest BCUT2D eigenvalue weighted by Crippen LogP contribution is -2.32. The van der Waals surface area contributed by atoms with Crippen LogP contribution in [0, 0.1) is 6.92 Å². The maximum Gasteiger partial charge on any atom is 0.336 e. The van der Waals surface area contributed by atoms with Gasteiger partial charge in [0.2, 0.25) is 0 Å². The molecule has 3 aromatic rings.